The van der Waals surface area contributed by atoms with Crippen LogP contribution in [0, 0.1) is 0 Å². The number of urea groups is 1. The fourth-order valence-corrected chi connectivity index (χ4v) is 2.74. The van der Waals surface area contributed by atoms with Crippen molar-refractivity contribution in [2.75, 3.05) is 10.6 Å². The Labute approximate surface area is 163 Å². The minimum Gasteiger partial charge on any atom is -0.478 e. The van der Waals surface area contributed by atoms with E-state index in [0.29, 0.717) is 11.1 Å². The topological polar surface area (TPSA) is 78.4 Å². The molecule has 3 aromatic carbocycles. The maximum Gasteiger partial charge on any atom is 0.416 e. The van der Waals surface area contributed by atoms with Crippen LogP contribution in [0.4, 0.5) is 29.3 Å². The molecule has 0 heterocycles. The van der Waals surface area contributed by atoms with Crippen LogP contribution in [0.3, 0.4) is 0 Å². The molecule has 0 aromatic heterocycles. The van der Waals surface area contributed by atoms with Gasteiger partial charge in [-0.1, -0.05) is 42.5 Å². The number of anilines is 2. The molecule has 2 amide bonds. The van der Waals surface area contributed by atoms with Crippen LogP contribution in [0.25, 0.3) is 11.1 Å². The number of amides is 2. The summed E-state index contributed by atoms with van der Waals surface area (Å²) in [6.45, 7) is 0. The standard InChI is InChI=1S/C21H15F3N2O3/c22-21(23,24)14-7-4-8-15(11-14)25-20(29)26-16-9-10-17(18(12-16)19(27)28)13-5-2-1-3-6-13/h1-12H,(H,27,28)(H2,25,26,29). The van der Waals surface area contributed by atoms with E-state index in [9.17, 15) is 27.9 Å². The molecule has 0 radical (unpaired) electrons. The molecule has 0 saturated carbocycles. The normalized spacial score (nSPS) is 11.0. The smallest absolute Gasteiger partial charge is 0.416 e. The number of halogens is 3. The molecule has 0 fully saturated rings. The van der Waals surface area contributed by atoms with Crippen molar-refractivity contribution in [1.29, 1.82) is 0 Å². The molecule has 0 aliphatic heterocycles. The molecule has 0 saturated heterocycles. The van der Waals surface area contributed by atoms with Crippen molar-refractivity contribution in [2.45, 2.75) is 6.18 Å². The summed E-state index contributed by atoms with van der Waals surface area (Å²) in [6, 6.07) is 16.6. The summed E-state index contributed by atoms with van der Waals surface area (Å²) in [7, 11) is 0. The van der Waals surface area contributed by atoms with Crippen LogP contribution in [0.2, 0.25) is 0 Å². The van der Waals surface area contributed by atoms with Gasteiger partial charge in [-0.25, -0.2) is 9.59 Å². The van der Waals surface area contributed by atoms with Crippen molar-refractivity contribution in [3.05, 3.63) is 83.9 Å². The number of hydrogen-bond donors (Lipinski definition) is 3. The lowest BCUT2D eigenvalue weighted by Gasteiger charge is -2.12. The number of carboxylic acid groups (broad SMARTS) is 1. The van der Waals surface area contributed by atoms with Gasteiger partial charge in [0.15, 0.2) is 0 Å². The van der Waals surface area contributed by atoms with Crippen LogP contribution < -0.4 is 10.6 Å². The van der Waals surface area contributed by atoms with Crippen molar-refractivity contribution in [3.63, 3.8) is 0 Å². The molecule has 0 aliphatic carbocycles. The molecule has 0 unspecified atom stereocenters. The molecule has 148 valence electrons. The second kappa shape index (κ2) is 8.05. The molecule has 5 nitrogen and oxygen atoms in total. The lowest BCUT2D eigenvalue weighted by molar-refractivity contribution is -0.137. The minimum atomic E-state index is -4.53. The van der Waals surface area contributed by atoms with E-state index in [1.54, 1.807) is 36.4 Å². The van der Waals surface area contributed by atoms with Crippen LogP contribution in [0.15, 0.2) is 72.8 Å². The van der Waals surface area contributed by atoms with Crippen LogP contribution in [-0.4, -0.2) is 17.1 Å². The summed E-state index contributed by atoms with van der Waals surface area (Å²) in [5, 5.41) is 14.2. The molecular formula is C21H15F3N2O3. The van der Waals surface area contributed by atoms with E-state index < -0.39 is 23.7 Å². The lowest BCUT2D eigenvalue weighted by atomic mass is 9.99. The molecule has 0 atom stereocenters. The first kappa shape index (κ1) is 19.9. The Hall–Kier alpha value is -3.81. The fraction of sp³-hybridized carbons (Fsp3) is 0.0476. The maximum atomic E-state index is 12.8. The number of carbonyl (C=O) groups is 2. The Balaban J connectivity index is 1.79. The third-order valence-corrected chi connectivity index (χ3v) is 4.04. The van der Waals surface area contributed by atoms with Crippen molar-refractivity contribution in [1.82, 2.24) is 0 Å². The summed E-state index contributed by atoms with van der Waals surface area (Å²) in [5.74, 6) is -1.18. The number of carboxylic acids is 1. The number of rotatable bonds is 4. The first-order valence-corrected chi connectivity index (χ1v) is 8.42. The molecule has 3 N–H and O–H groups in total. The molecule has 0 aliphatic rings. The van der Waals surface area contributed by atoms with E-state index in [4.69, 9.17) is 0 Å². The van der Waals surface area contributed by atoms with Crippen molar-refractivity contribution >= 4 is 23.4 Å². The summed E-state index contributed by atoms with van der Waals surface area (Å²) in [4.78, 5) is 23.7. The zero-order chi connectivity index (χ0) is 21.0. The zero-order valence-corrected chi connectivity index (χ0v) is 14.8. The number of alkyl halides is 3. The Morgan fingerprint density at radius 2 is 1.45 bits per heavy atom. The first-order chi connectivity index (χ1) is 13.7. The largest absolute Gasteiger partial charge is 0.478 e. The van der Waals surface area contributed by atoms with Gasteiger partial charge in [0.2, 0.25) is 0 Å². The van der Waals surface area contributed by atoms with Crippen LogP contribution in [-0.2, 0) is 6.18 Å². The maximum absolute atomic E-state index is 12.8. The van der Waals surface area contributed by atoms with Gasteiger partial charge < -0.3 is 15.7 Å². The molecule has 0 bridgehead atoms. The summed E-state index contributed by atoms with van der Waals surface area (Å²) < 4.78 is 38.3. The van der Waals surface area contributed by atoms with E-state index in [1.807, 2.05) is 0 Å². The minimum absolute atomic E-state index is 0.0203. The van der Waals surface area contributed by atoms with Gasteiger partial charge in [-0.05, 0) is 41.5 Å². The Morgan fingerprint density at radius 1 is 0.793 bits per heavy atom. The number of benzene rings is 3. The zero-order valence-electron chi connectivity index (χ0n) is 14.8. The van der Waals surface area contributed by atoms with Crippen LogP contribution in [0.1, 0.15) is 15.9 Å². The van der Waals surface area contributed by atoms with Crippen molar-refractivity contribution in [3.8, 4) is 11.1 Å². The van der Waals surface area contributed by atoms with E-state index in [1.165, 1.54) is 24.3 Å². The molecule has 29 heavy (non-hydrogen) atoms. The third kappa shape index (κ3) is 4.92. The predicted octanol–water partition coefficient (Wildman–Crippen LogP) is 5.71. The number of aromatic carboxylic acids is 1. The third-order valence-electron chi connectivity index (χ3n) is 4.04. The molecule has 8 heteroatoms. The molecular weight excluding hydrogens is 385 g/mol. The highest BCUT2D eigenvalue weighted by Gasteiger charge is 2.30. The van der Waals surface area contributed by atoms with Gasteiger partial charge in [0.25, 0.3) is 0 Å². The summed E-state index contributed by atoms with van der Waals surface area (Å²) in [5.41, 5.74) is 0.402. The SMILES string of the molecule is O=C(Nc1cccc(C(F)(F)F)c1)Nc1ccc(-c2ccccc2)c(C(=O)O)c1. The Morgan fingerprint density at radius 3 is 2.07 bits per heavy atom. The van der Waals surface area contributed by atoms with Crippen molar-refractivity contribution in [2.24, 2.45) is 0 Å². The highest BCUT2D eigenvalue weighted by molar-refractivity contribution is 6.02. The summed E-state index contributed by atoms with van der Waals surface area (Å²) >= 11 is 0. The average molecular weight is 400 g/mol. The predicted molar refractivity (Wildman–Crippen MR) is 103 cm³/mol. The first-order valence-electron chi connectivity index (χ1n) is 8.42. The van der Waals surface area contributed by atoms with Gasteiger partial charge in [0, 0.05) is 11.4 Å². The van der Waals surface area contributed by atoms with Crippen LogP contribution >= 0.6 is 0 Å². The van der Waals surface area contributed by atoms with Gasteiger partial charge in [-0.15, -0.1) is 0 Å². The van der Waals surface area contributed by atoms with E-state index >= 15 is 0 Å². The quantitative estimate of drug-likeness (QED) is 0.525. The molecule has 3 rings (SSSR count). The average Bonchev–Trinajstić information content (AvgIpc) is 2.68. The number of carbonyl (C=O) groups excluding carboxylic acids is 1. The number of hydrogen-bond acceptors (Lipinski definition) is 2. The lowest BCUT2D eigenvalue weighted by Crippen LogP contribution is -2.20. The van der Waals surface area contributed by atoms with Gasteiger partial charge in [0.1, 0.15) is 0 Å². The van der Waals surface area contributed by atoms with Crippen molar-refractivity contribution < 1.29 is 27.9 Å². The van der Waals surface area contributed by atoms with E-state index in [-0.39, 0.29) is 16.9 Å². The summed E-state index contributed by atoms with van der Waals surface area (Å²) in [6.07, 6.45) is -4.53. The van der Waals surface area contributed by atoms with E-state index in [0.717, 1.165) is 12.1 Å². The van der Waals surface area contributed by atoms with Gasteiger partial charge in [-0.2, -0.15) is 13.2 Å². The highest BCUT2D eigenvalue weighted by atomic mass is 19.4. The fourth-order valence-electron chi connectivity index (χ4n) is 2.74. The second-order valence-electron chi connectivity index (χ2n) is 6.09. The van der Waals surface area contributed by atoms with E-state index in [2.05, 4.69) is 10.6 Å². The number of nitrogens with one attached hydrogen (secondary N) is 2. The van der Waals surface area contributed by atoms with Gasteiger partial charge in [-0.3, -0.25) is 0 Å². The second-order valence-corrected chi connectivity index (χ2v) is 6.09. The molecule has 3 aromatic rings. The Bertz CT molecular complexity index is 1050. The highest BCUT2D eigenvalue weighted by Crippen LogP contribution is 2.31. The molecule has 0 spiro atoms. The van der Waals surface area contributed by atoms with Gasteiger partial charge >= 0.3 is 18.2 Å². The van der Waals surface area contributed by atoms with Crippen LogP contribution in [0.5, 0.6) is 0 Å². The Kier molecular flexibility index (Phi) is 5.54. The van der Waals surface area contributed by atoms with Gasteiger partial charge in [0.05, 0.1) is 11.1 Å². The monoisotopic (exact) mass is 400 g/mol.